The molecule has 0 N–H and O–H groups in total. The second-order valence-corrected chi connectivity index (χ2v) is 17.6. The summed E-state index contributed by atoms with van der Waals surface area (Å²) in [4.78, 5) is 13.2. The molecule has 6 aromatic carbocycles. The summed E-state index contributed by atoms with van der Waals surface area (Å²) < 4.78 is 64.8. The van der Waals surface area contributed by atoms with Crippen LogP contribution in [0, 0.1) is 140 Å². The zero-order valence-corrected chi connectivity index (χ0v) is 42.2. The Kier molecular flexibility index (Phi) is 14.3. The van der Waals surface area contributed by atoms with E-state index in [1.54, 1.807) is 103 Å². The highest BCUT2D eigenvalue weighted by Crippen LogP contribution is 2.62. The first-order valence-electron chi connectivity index (χ1n) is 23.7. The maximum atomic E-state index is 16.3. The van der Waals surface area contributed by atoms with Crippen LogP contribution in [-0.2, 0) is 0 Å². The lowest BCUT2D eigenvalue weighted by Gasteiger charge is -2.23. The average Bonchev–Trinajstić information content (AvgIpc) is 1.56. The molecule has 0 bridgehead atoms. The van der Waals surface area contributed by atoms with Crippen LogP contribution in [0.2, 0.25) is 0 Å². The van der Waals surface area contributed by atoms with Gasteiger partial charge in [-0.1, -0.05) is 84.9 Å². The number of benzene rings is 6. The van der Waals surface area contributed by atoms with Gasteiger partial charge in [0.15, 0.2) is 11.7 Å². The van der Waals surface area contributed by atoms with Gasteiger partial charge in [-0.3, -0.25) is 0 Å². The summed E-state index contributed by atoms with van der Waals surface area (Å²) in [5.74, 6) is -4.63. The highest BCUT2D eigenvalue weighted by atomic mass is 19.1. The second kappa shape index (κ2) is 22.0. The number of rotatable bonds is 4. The van der Waals surface area contributed by atoms with Crippen molar-refractivity contribution in [1.29, 1.82) is 52.6 Å². The number of nitriles is 10. The van der Waals surface area contributed by atoms with E-state index in [1.165, 1.54) is 48.5 Å². The number of hydrogen-bond donors (Lipinski definition) is 0. The van der Waals surface area contributed by atoms with Crippen molar-refractivity contribution in [3.05, 3.63) is 256 Å². The third-order valence-electron chi connectivity index (χ3n) is 13.7. The fraction of sp³-hybridized carbons (Fsp3) is 0. The van der Waals surface area contributed by atoms with Crippen molar-refractivity contribution in [3.8, 4) is 105 Å². The van der Waals surface area contributed by atoms with Crippen LogP contribution in [0.15, 0.2) is 155 Å². The van der Waals surface area contributed by atoms with Gasteiger partial charge in [-0.25, -0.2) is 47.5 Å². The van der Waals surface area contributed by atoms with Crippen molar-refractivity contribution in [2.75, 3.05) is 0 Å². The van der Waals surface area contributed by atoms with Gasteiger partial charge in [-0.05, 0) is 91.0 Å². The normalized spacial score (nSPS) is 13.8. The van der Waals surface area contributed by atoms with E-state index in [9.17, 15) is 52.6 Å². The van der Waals surface area contributed by atoms with E-state index >= 15 is 17.6 Å². The first-order chi connectivity index (χ1) is 40.8. The molecule has 0 aromatic heterocycles. The van der Waals surface area contributed by atoms with Gasteiger partial charge in [-0.2, -0.15) is 42.1 Å². The Morgan fingerprint density at radius 3 is 0.869 bits per heavy atom. The van der Waals surface area contributed by atoms with Crippen LogP contribution >= 0.6 is 0 Å². The Morgan fingerprint density at radius 1 is 0.310 bits per heavy atom. The molecule has 10 rings (SSSR count). The zero-order valence-electron chi connectivity index (χ0n) is 42.2. The number of fused-ring (bicyclic) bond motifs is 4. The molecule has 4 aliphatic rings. The summed E-state index contributed by atoms with van der Waals surface area (Å²) in [7, 11) is 0. The van der Waals surface area contributed by atoms with Gasteiger partial charge in [0.1, 0.15) is 59.2 Å². The number of nitrogens with zero attached hydrogens (tertiary/aromatic N) is 14. The molecule has 0 saturated heterocycles. The van der Waals surface area contributed by atoms with Gasteiger partial charge in [0.2, 0.25) is 11.4 Å². The van der Waals surface area contributed by atoms with Crippen molar-refractivity contribution >= 4 is 44.8 Å². The Bertz CT molecular complexity index is 4660. The van der Waals surface area contributed by atoms with Crippen molar-refractivity contribution in [1.82, 2.24) is 0 Å². The summed E-state index contributed by atoms with van der Waals surface area (Å²) in [5, 5.41) is 97.8. The lowest BCUT2D eigenvalue weighted by atomic mass is 9.79. The molecule has 84 heavy (non-hydrogen) atoms. The first-order valence-corrected chi connectivity index (χ1v) is 23.7. The van der Waals surface area contributed by atoms with Gasteiger partial charge >= 0.3 is 0 Å². The van der Waals surface area contributed by atoms with Gasteiger partial charge in [-0.15, -0.1) is 0 Å². The average molecular weight is 1080 g/mol. The standard InChI is InChI=1S/C34H8F2N8.C32H10F2N6/c1-43-23(16-42)28-30-24(19-7-3-17(11-37)4-8-19)27-22(15-41)32(35)26(21(13-39)14-40)29(27)25(31(30)34(44-2)33(28)36)20-9-5-18(12-38)6-10-20;1-39-21(16-38)26-28-22(17-9-5-3-6-10-17)25-20(15-37)30(33)24(19(13-35)14-36)27(25)23(18-11-7-4-8-12-18)29(28)32(40-2)31(26)34/h3-10H;3-12H/b28-23-;26-21-. The monoisotopic (exact) mass is 1080 g/mol. The smallest absolute Gasteiger partial charge is 0.234 e. The highest BCUT2D eigenvalue weighted by Gasteiger charge is 2.46. The first kappa shape index (κ1) is 54.6. The topological polar surface area (TPSA) is 255 Å². The predicted octanol–water partition coefficient (Wildman–Crippen LogP) is 15.3. The summed E-state index contributed by atoms with van der Waals surface area (Å²) in [5.41, 5.74) is -5.83. The lowest BCUT2D eigenvalue weighted by Crippen LogP contribution is -2.04. The minimum absolute atomic E-state index is 0.0166. The maximum Gasteiger partial charge on any atom is 0.271 e. The van der Waals surface area contributed by atoms with E-state index in [1.807, 2.05) is 18.2 Å². The molecule has 14 nitrogen and oxygen atoms in total. The van der Waals surface area contributed by atoms with Gasteiger partial charge in [0.25, 0.3) is 11.4 Å². The van der Waals surface area contributed by atoms with E-state index < -0.39 is 90.7 Å². The highest BCUT2D eigenvalue weighted by molar-refractivity contribution is 6.22. The van der Waals surface area contributed by atoms with E-state index in [2.05, 4.69) is 19.4 Å². The molecule has 0 amide bonds. The fourth-order valence-electron chi connectivity index (χ4n) is 10.5. The van der Waals surface area contributed by atoms with E-state index in [4.69, 9.17) is 26.3 Å². The van der Waals surface area contributed by atoms with Gasteiger partial charge < -0.3 is 0 Å². The molecule has 0 fully saturated rings. The molecule has 0 heterocycles. The third-order valence-corrected chi connectivity index (χ3v) is 13.7. The fourth-order valence-corrected chi connectivity index (χ4v) is 10.5. The van der Waals surface area contributed by atoms with E-state index in [-0.39, 0.29) is 89.0 Å². The molecule has 0 saturated carbocycles. The molecule has 0 radical (unpaired) electrons. The van der Waals surface area contributed by atoms with E-state index in [0.717, 1.165) is 0 Å². The molecule has 4 aliphatic carbocycles. The lowest BCUT2D eigenvalue weighted by molar-refractivity contribution is 0.680. The Hall–Kier alpha value is -14.2. The molecule has 0 atom stereocenters. The molecule has 0 aliphatic heterocycles. The van der Waals surface area contributed by atoms with Crippen molar-refractivity contribution in [3.63, 3.8) is 0 Å². The molecule has 18 heteroatoms. The molecule has 0 spiro atoms. The molecule has 6 aromatic rings. The van der Waals surface area contributed by atoms with Gasteiger partial charge in [0, 0.05) is 44.5 Å². The van der Waals surface area contributed by atoms with Crippen LogP contribution in [0.1, 0.15) is 55.6 Å². The largest absolute Gasteiger partial charge is 0.271 e. The molecular formula is C66H18F4N14. The molecule has 380 valence electrons. The summed E-state index contributed by atoms with van der Waals surface area (Å²) >= 11 is 0. The Balaban J connectivity index is 0.000000202. The number of halogens is 4. The van der Waals surface area contributed by atoms with Crippen LogP contribution in [-0.4, -0.2) is 0 Å². The third kappa shape index (κ3) is 8.06. The van der Waals surface area contributed by atoms with Crippen LogP contribution in [0.3, 0.4) is 0 Å². The maximum absolute atomic E-state index is 16.3. The minimum Gasteiger partial charge on any atom is -0.234 e. The molecule has 0 unspecified atom stereocenters. The Labute approximate surface area is 474 Å². The minimum atomic E-state index is -1.21. The quantitative estimate of drug-likeness (QED) is 0.0916. The summed E-state index contributed by atoms with van der Waals surface area (Å²) in [6, 6.07) is 45.5. The Morgan fingerprint density at radius 2 is 0.607 bits per heavy atom. The van der Waals surface area contributed by atoms with Crippen LogP contribution in [0.25, 0.3) is 109 Å². The van der Waals surface area contributed by atoms with Gasteiger partial charge in [0.05, 0.1) is 72.8 Å². The summed E-state index contributed by atoms with van der Waals surface area (Å²) in [6.45, 7) is 30.9. The van der Waals surface area contributed by atoms with Crippen molar-refractivity contribution in [2.24, 2.45) is 0 Å². The predicted molar refractivity (Wildman–Crippen MR) is 295 cm³/mol. The van der Waals surface area contributed by atoms with E-state index in [0.29, 0.717) is 11.1 Å². The molecular weight excluding hydrogens is 1060 g/mol. The van der Waals surface area contributed by atoms with Crippen LogP contribution < -0.4 is 0 Å². The van der Waals surface area contributed by atoms with Crippen molar-refractivity contribution < 1.29 is 17.6 Å². The van der Waals surface area contributed by atoms with Crippen LogP contribution in [0.5, 0.6) is 0 Å². The van der Waals surface area contributed by atoms with Crippen LogP contribution in [0.4, 0.5) is 17.6 Å². The van der Waals surface area contributed by atoms with Crippen molar-refractivity contribution in [2.45, 2.75) is 0 Å². The SMILES string of the molecule is [C-]#[N+]C1=C(F)/C(=C(/C#N)[N+]#[C-])c2c1c(-c1ccc(C#N)cc1)c1c(c2-c2ccc(C#N)cc2)C(C#N)=C(F)C1=C(C#N)C#N.[C-]#[N+]C1=C(F)/C(=C(/C#N)[N+]#[C-])c2c1c(-c1ccccc1)c1c(c2-c2ccccc2)C(C#N)=C(F)C1=C(C#N)C#N. The second-order valence-electron chi connectivity index (χ2n) is 17.6. The zero-order chi connectivity index (χ0) is 60.3. The number of hydrogen-bond acceptors (Lipinski definition) is 10. The number of allylic oxidation sites excluding steroid dienone is 14. The summed E-state index contributed by atoms with van der Waals surface area (Å²) in [6.07, 6.45) is 0.